The van der Waals surface area contributed by atoms with Gasteiger partial charge in [-0.25, -0.2) is 0 Å². The molecular weight excluding hydrogens is 254 g/mol. The van der Waals surface area contributed by atoms with Gasteiger partial charge in [-0.15, -0.1) is 0 Å². The Hall–Kier alpha value is -1.87. The summed E-state index contributed by atoms with van der Waals surface area (Å²) in [6.07, 6.45) is 0.0932. The van der Waals surface area contributed by atoms with Gasteiger partial charge in [0.25, 0.3) is 0 Å². The monoisotopic (exact) mass is 271 g/mol. The lowest BCUT2D eigenvalue weighted by molar-refractivity contribution is 0.242. The first kappa shape index (κ1) is 13.6. The summed E-state index contributed by atoms with van der Waals surface area (Å²) in [5.41, 5.74) is 8.79. The number of hydrogen-bond donors (Lipinski definition) is 1. The van der Waals surface area contributed by atoms with Crippen molar-refractivity contribution in [3.8, 4) is 16.9 Å². The summed E-state index contributed by atoms with van der Waals surface area (Å²) in [7, 11) is 0. The highest BCUT2D eigenvalue weighted by atomic mass is 32.1. The van der Waals surface area contributed by atoms with Crippen LogP contribution in [0.15, 0.2) is 48.5 Å². The summed E-state index contributed by atoms with van der Waals surface area (Å²) in [5, 5.41) is 0. The molecule has 0 heterocycles. The van der Waals surface area contributed by atoms with E-state index in [-0.39, 0.29) is 6.10 Å². The van der Waals surface area contributed by atoms with Crippen molar-refractivity contribution in [3.63, 3.8) is 0 Å². The Morgan fingerprint density at radius 1 is 1.05 bits per heavy atom. The van der Waals surface area contributed by atoms with Crippen molar-refractivity contribution in [2.24, 2.45) is 5.73 Å². The standard InChI is InChI=1S/C16H17NOS/c1-11(2)18-15-9-8-13(10-14(15)16(17)19)12-6-4-3-5-7-12/h3-11H,1-2H3,(H2,17,19). The molecule has 0 aliphatic carbocycles. The lowest BCUT2D eigenvalue weighted by Gasteiger charge is -2.15. The molecule has 2 aromatic carbocycles. The van der Waals surface area contributed by atoms with Crippen LogP contribution in [0.3, 0.4) is 0 Å². The first-order valence-corrected chi connectivity index (χ1v) is 6.64. The highest BCUT2D eigenvalue weighted by Crippen LogP contribution is 2.27. The molecule has 0 fully saturated rings. The van der Waals surface area contributed by atoms with E-state index in [9.17, 15) is 0 Å². The van der Waals surface area contributed by atoms with Gasteiger partial charge in [-0.1, -0.05) is 48.6 Å². The number of rotatable bonds is 4. The third kappa shape index (κ3) is 3.32. The van der Waals surface area contributed by atoms with E-state index < -0.39 is 0 Å². The minimum Gasteiger partial charge on any atom is -0.490 e. The van der Waals surface area contributed by atoms with E-state index in [0.717, 1.165) is 22.4 Å². The normalized spacial score (nSPS) is 10.5. The maximum absolute atomic E-state index is 5.79. The van der Waals surface area contributed by atoms with Gasteiger partial charge in [0.15, 0.2) is 0 Å². The molecule has 0 saturated carbocycles. The lowest BCUT2D eigenvalue weighted by Crippen LogP contribution is -2.14. The van der Waals surface area contributed by atoms with Crippen LogP contribution < -0.4 is 10.5 Å². The fourth-order valence-corrected chi connectivity index (χ4v) is 2.05. The van der Waals surface area contributed by atoms with Crippen molar-refractivity contribution in [2.45, 2.75) is 20.0 Å². The zero-order valence-electron chi connectivity index (χ0n) is 11.1. The van der Waals surface area contributed by atoms with Crippen LogP contribution in [0.2, 0.25) is 0 Å². The highest BCUT2D eigenvalue weighted by Gasteiger charge is 2.10. The Morgan fingerprint density at radius 3 is 2.32 bits per heavy atom. The molecule has 19 heavy (non-hydrogen) atoms. The average Bonchev–Trinajstić information content (AvgIpc) is 2.39. The summed E-state index contributed by atoms with van der Waals surface area (Å²) in [5.74, 6) is 0.738. The Morgan fingerprint density at radius 2 is 1.74 bits per heavy atom. The average molecular weight is 271 g/mol. The van der Waals surface area contributed by atoms with Gasteiger partial charge >= 0.3 is 0 Å². The predicted molar refractivity (Wildman–Crippen MR) is 83.5 cm³/mol. The fourth-order valence-electron chi connectivity index (χ4n) is 1.89. The highest BCUT2D eigenvalue weighted by molar-refractivity contribution is 7.80. The topological polar surface area (TPSA) is 35.2 Å². The van der Waals surface area contributed by atoms with Gasteiger partial charge < -0.3 is 10.5 Å². The zero-order valence-corrected chi connectivity index (χ0v) is 11.9. The van der Waals surface area contributed by atoms with Gasteiger partial charge in [0.1, 0.15) is 10.7 Å². The van der Waals surface area contributed by atoms with E-state index in [2.05, 4.69) is 12.1 Å². The van der Waals surface area contributed by atoms with Crippen LogP contribution in [0.5, 0.6) is 5.75 Å². The Kier molecular flexibility index (Phi) is 4.17. The van der Waals surface area contributed by atoms with Crippen LogP contribution in [0, 0.1) is 0 Å². The minimum atomic E-state index is 0.0932. The van der Waals surface area contributed by atoms with E-state index in [4.69, 9.17) is 22.7 Å². The smallest absolute Gasteiger partial charge is 0.129 e. The number of hydrogen-bond acceptors (Lipinski definition) is 2. The molecule has 0 spiro atoms. The van der Waals surface area contributed by atoms with Gasteiger partial charge in [-0.05, 0) is 37.1 Å². The van der Waals surface area contributed by atoms with Crippen molar-refractivity contribution >= 4 is 17.2 Å². The van der Waals surface area contributed by atoms with Crippen LogP contribution >= 0.6 is 12.2 Å². The van der Waals surface area contributed by atoms with Gasteiger partial charge in [0.05, 0.1) is 11.7 Å². The molecule has 2 N–H and O–H groups in total. The van der Waals surface area contributed by atoms with Crippen molar-refractivity contribution in [1.29, 1.82) is 0 Å². The van der Waals surface area contributed by atoms with Gasteiger partial charge in [-0.2, -0.15) is 0 Å². The Labute approximate surface area is 119 Å². The first-order chi connectivity index (χ1) is 9.08. The van der Waals surface area contributed by atoms with Crippen LogP contribution in [0.4, 0.5) is 0 Å². The molecule has 0 amide bonds. The second-order valence-electron chi connectivity index (χ2n) is 4.61. The second kappa shape index (κ2) is 5.85. The van der Waals surface area contributed by atoms with Crippen molar-refractivity contribution in [3.05, 3.63) is 54.1 Å². The summed E-state index contributed by atoms with van der Waals surface area (Å²) in [6.45, 7) is 3.96. The maximum Gasteiger partial charge on any atom is 0.129 e. The van der Waals surface area contributed by atoms with Crippen molar-refractivity contribution < 1.29 is 4.74 Å². The van der Waals surface area contributed by atoms with Crippen LogP contribution in [0.25, 0.3) is 11.1 Å². The van der Waals surface area contributed by atoms with E-state index in [0.29, 0.717) is 4.99 Å². The molecule has 2 aromatic rings. The Balaban J connectivity index is 2.45. The van der Waals surface area contributed by atoms with Crippen LogP contribution in [-0.2, 0) is 0 Å². The third-order valence-electron chi connectivity index (χ3n) is 2.71. The lowest BCUT2D eigenvalue weighted by atomic mass is 10.0. The van der Waals surface area contributed by atoms with Gasteiger partial charge in [0.2, 0.25) is 0 Å². The SMILES string of the molecule is CC(C)Oc1ccc(-c2ccccc2)cc1C(N)=S. The summed E-state index contributed by atoms with van der Waals surface area (Å²) in [6, 6.07) is 16.1. The van der Waals surface area contributed by atoms with Gasteiger partial charge in [0, 0.05) is 0 Å². The molecule has 0 bridgehead atoms. The van der Waals surface area contributed by atoms with E-state index in [1.165, 1.54) is 0 Å². The quantitative estimate of drug-likeness (QED) is 0.860. The number of nitrogens with two attached hydrogens (primary N) is 1. The molecular formula is C16H17NOS. The van der Waals surface area contributed by atoms with Crippen LogP contribution in [-0.4, -0.2) is 11.1 Å². The third-order valence-corrected chi connectivity index (χ3v) is 2.93. The van der Waals surface area contributed by atoms with E-state index >= 15 is 0 Å². The molecule has 0 radical (unpaired) electrons. The number of thiocarbonyl (C=S) groups is 1. The molecule has 0 saturated heterocycles. The maximum atomic E-state index is 5.79. The van der Waals surface area contributed by atoms with E-state index in [1.807, 2.05) is 50.2 Å². The first-order valence-electron chi connectivity index (χ1n) is 6.24. The fraction of sp³-hybridized carbons (Fsp3) is 0.188. The molecule has 3 heteroatoms. The molecule has 0 aliphatic heterocycles. The molecule has 98 valence electrons. The Bertz CT molecular complexity index is 579. The van der Waals surface area contributed by atoms with Crippen LogP contribution in [0.1, 0.15) is 19.4 Å². The number of ether oxygens (including phenoxy) is 1. The molecule has 0 atom stereocenters. The largest absolute Gasteiger partial charge is 0.490 e. The van der Waals surface area contributed by atoms with E-state index in [1.54, 1.807) is 0 Å². The number of benzene rings is 2. The summed E-state index contributed by atoms with van der Waals surface area (Å²) < 4.78 is 5.73. The van der Waals surface area contributed by atoms with Crippen molar-refractivity contribution in [2.75, 3.05) is 0 Å². The predicted octanol–water partition coefficient (Wildman–Crippen LogP) is 3.78. The summed E-state index contributed by atoms with van der Waals surface area (Å²) in [4.78, 5) is 0.355. The molecule has 2 rings (SSSR count). The summed E-state index contributed by atoms with van der Waals surface area (Å²) >= 11 is 5.11. The molecule has 0 aliphatic rings. The van der Waals surface area contributed by atoms with Crippen molar-refractivity contribution in [1.82, 2.24) is 0 Å². The molecule has 2 nitrogen and oxygen atoms in total. The van der Waals surface area contributed by atoms with Gasteiger partial charge in [-0.3, -0.25) is 0 Å². The zero-order chi connectivity index (χ0) is 13.8. The molecule has 0 unspecified atom stereocenters. The minimum absolute atomic E-state index is 0.0932. The molecule has 0 aromatic heterocycles. The second-order valence-corrected chi connectivity index (χ2v) is 5.05.